The summed E-state index contributed by atoms with van der Waals surface area (Å²) in [5.41, 5.74) is 0.979. The Morgan fingerprint density at radius 1 is 1.56 bits per heavy atom. The molecule has 1 aromatic carbocycles. The SMILES string of the molecule is CC1OCCC1(C)NCc1cccc(F)c1. The molecule has 2 unspecified atom stereocenters. The molecule has 0 amide bonds. The van der Waals surface area contributed by atoms with Crippen molar-refractivity contribution in [3.05, 3.63) is 35.6 Å². The second-order valence-electron chi connectivity index (χ2n) is 4.66. The Balaban J connectivity index is 1.97. The number of benzene rings is 1. The van der Waals surface area contributed by atoms with Gasteiger partial charge in [-0.3, -0.25) is 0 Å². The molecule has 1 fully saturated rings. The van der Waals surface area contributed by atoms with E-state index in [4.69, 9.17) is 4.74 Å². The molecule has 16 heavy (non-hydrogen) atoms. The van der Waals surface area contributed by atoms with Gasteiger partial charge in [0.05, 0.1) is 6.10 Å². The summed E-state index contributed by atoms with van der Waals surface area (Å²) in [6.45, 7) is 5.71. The van der Waals surface area contributed by atoms with Crippen LogP contribution in [0.3, 0.4) is 0 Å². The van der Waals surface area contributed by atoms with Crippen LogP contribution >= 0.6 is 0 Å². The van der Waals surface area contributed by atoms with Gasteiger partial charge in [0.25, 0.3) is 0 Å². The fraction of sp³-hybridized carbons (Fsp3) is 0.538. The number of hydrogen-bond donors (Lipinski definition) is 1. The second kappa shape index (κ2) is 4.52. The van der Waals surface area contributed by atoms with Crippen molar-refractivity contribution in [1.29, 1.82) is 0 Å². The van der Waals surface area contributed by atoms with Crippen LogP contribution in [0.5, 0.6) is 0 Å². The van der Waals surface area contributed by atoms with Gasteiger partial charge in [-0.1, -0.05) is 12.1 Å². The summed E-state index contributed by atoms with van der Waals surface area (Å²) < 4.78 is 18.5. The molecule has 0 radical (unpaired) electrons. The largest absolute Gasteiger partial charge is 0.377 e. The Kier molecular flexibility index (Phi) is 3.26. The Morgan fingerprint density at radius 2 is 2.38 bits per heavy atom. The highest BCUT2D eigenvalue weighted by molar-refractivity contribution is 5.16. The number of nitrogens with one attached hydrogen (secondary N) is 1. The minimum absolute atomic E-state index is 0.00627. The summed E-state index contributed by atoms with van der Waals surface area (Å²) in [6.07, 6.45) is 1.21. The number of ether oxygens (including phenoxy) is 1. The lowest BCUT2D eigenvalue weighted by atomic mass is 9.94. The molecule has 0 saturated carbocycles. The summed E-state index contributed by atoms with van der Waals surface area (Å²) >= 11 is 0. The third kappa shape index (κ3) is 2.42. The molecule has 0 spiro atoms. The highest BCUT2D eigenvalue weighted by Crippen LogP contribution is 2.25. The molecule has 1 N–H and O–H groups in total. The molecule has 2 atom stereocenters. The molecular formula is C13H18FNO. The van der Waals surface area contributed by atoms with Crippen LogP contribution in [0.15, 0.2) is 24.3 Å². The van der Waals surface area contributed by atoms with Crippen molar-refractivity contribution in [3.8, 4) is 0 Å². The number of hydrogen-bond acceptors (Lipinski definition) is 2. The lowest BCUT2D eigenvalue weighted by Crippen LogP contribution is -2.47. The molecule has 88 valence electrons. The van der Waals surface area contributed by atoms with E-state index in [0.29, 0.717) is 6.54 Å². The molecule has 0 aliphatic carbocycles. The summed E-state index contributed by atoms with van der Waals surface area (Å²) in [5.74, 6) is -0.180. The zero-order valence-corrected chi connectivity index (χ0v) is 9.79. The van der Waals surface area contributed by atoms with Crippen LogP contribution in [-0.2, 0) is 11.3 Å². The van der Waals surface area contributed by atoms with Gasteiger partial charge in [0.15, 0.2) is 0 Å². The first-order chi connectivity index (χ1) is 7.60. The van der Waals surface area contributed by atoms with E-state index < -0.39 is 0 Å². The zero-order valence-electron chi connectivity index (χ0n) is 9.79. The van der Waals surface area contributed by atoms with Gasteiger partial charge in [0.2, 0.25) is 0 Å². The summed E-state index contributed by atoms with van der Waals surface area (Å²) in [6, 6.07) is 6.70. The molecule has 2 rings (SSSR count). The summed E-state index contributed by atoms with van der Waals surface area (Å²) in [7, 11) is 0. The smallest absolute Gasteiger partial charge is 0.123 e. The fourth-order valence-electron chi connectivity index (χ4n) is 2.02. The molecule has 1 aliphatic rings. The molecular weight excluding hydrogens is 205 g/mol. The Labute approximate surface area is 95.8 Å². The first kappa shape index (κ1) is 11.6. The highest BCUT2D eigenvalue weighted by Gasteiger charge is 2.36. The van der Waals surface area contributed by atoms with Gasteiger partial charge in [0, 0.05) is 18.7 Å². The van der Waals surface area contributed by atoms with Gasteiger partial charge < -0.3 is 10.1 Å². The van der Waals surface area contributed by atoms with E-state index in [2.05, 4.69) is 19.2 Å². The quantitative estimate of drug-likeness (QED) is 0.850. The third-order valence-corrected chi connectivity index (χ3v) is 3.47. The van der Waals surface area contributed by atoms with Gasteiger partial charge >= 0.3 is 0 Å². The van der Waals surface area contributed by atoms with Crippen LogP contribution in [-0.4, -0.2) is 18.2 Å². The minimum atomic E-state index is -0.180. The van der Waals surface area contributed by atoms with Gasteiger partial charge in [0.1, 0.15) is 5.82 Å². The molecule has 1 aromatic rings. The normalized spacial score (nSPS) is 29.6. The van der Waals surface area contributed by atoms with Gasteiger partial charge in [-0.15, -0.1) is 0 Å². The lowest BCUT2D eigenvalue weighted by Gasteiger charge is -2.29. The van der Waals surface area contributed by atoms with Crippen molar-refractivity contribution in [3.63, 3.8) is 0 Å². The Morgan fingerprint density at radius 3 is 3.00 bits per heavy atom. The molecule has 3 heteroatoms. The standard InChI is InChI=1S/C13H18FNO/c1-10-13(2,6-7-16-10)15-9-11-4-3-5-12(14)8-11/h3-5,8,10,15H,6-7,9H2,1-2H3. The first-order valence-corrected chi connectivity index (χ1v) is 5.71. The predicted molar refractivity (Wildman–Crippen MR) is 61.7 cm³/mol. The number of halogens is 1. The van der Waals surface area contributed by atoms with Crippen LogP contribution in [0.2, 0.25) is 0 Å². The monoisotopic (exact) mass is 223 g/mol. The maximum Gasteiger partial charge on any atom is 0.123 e. The Hall–Kier alpha value is -0.930. The molecule has 1 heterocycles. The average Bonchev–Trinajstić information content (AvgIpc) is 2.58. The molecule has 2 nitrogen and oxygen atoms in total. The Bertz CT molecular complexity index is 369. The van der Waals surface area contributed by atoms with Crippen molar-refractivity contribution in [2.24, 2.45) is 0 Å². The number of rotatable bonds is 3. The third-order valence-electron chi connectivity index (χ3n) is 3.47. The van der Waals surface area contributed by atoms with Gasteiger partial charge in [-0.05, 0) is 38.0 Å². The van der Waals surface area contributed by atoms with Crippen molar-refractivity contribution < 1.29 is 9.13 Å². The van der Waals surface area contributed by atoms with E-state index in [-0.39, 0.29) is 17.5 Å². The average molecular weight is 223 g/mol. The first-order valence-electron chi connectivity index (χ1n) is 5.71. The van der Waals surface area contributed by atoms with Crippen LogP contribution in [0.4, 0.5) is 4.39 Å². The van der Waals surface area contributed by atoms with Crippen LogP contribution in [0.1, 0.15) is 25.8 Å². The topological polar surface area (TPSA) is 21.3 Å². The van der Waals surface area contributed by atoms with Crippen LogP contribution in [0.25, 0.3) is 0 Å². The highest BCUT2D eigenvalue weighted by atomic mass is 19.1. The zero-order chi connectivity index (χ0) is 11.6. The van der Waals surface area contributed by atoms with Crippen molar-refractivity contribution in [2.45, 2.75) is 38.5 Å². The predicted octanol–water partition coefficient (Wildman–Crippen LogP) is 2.48. The molecule has 0 bridgehead atoms. The molecule has 0 aromatic heterocycles. The maximum absolute atomic E-state index is 13.0. The van der Waals surface area contributed by atoms with E-state index in [1.165, 1.54) is 6.07 Å². The van der Waals surface area contributed by atoms with E-state index >= 15 is 0 Å². The van der Waals surface area contributed by atoms with E-state index in [9.17, 15) is 4.39 Å². The van der Waals surface area contributed by atoms with Crippen LogP contribution < -0.4 is 5.32 Å². The van der Waals surface area contributed by atoms with Crippen molar-refractivity contribution in [1.82, 2.24) is 5.32 Å². The summed E-state index contributed by atoms with van der Waals surface area (Å²) in [4.78, 5) is 0. The second-order valence-corrected chi connectivity index (χ2v) is 4.66. The molecule has 1 aliphatic heterocycles. The van der Waals surface area contributed by atoms with E-state index in [1.807, 2.05) is 6.07 Å². The minimum Gasteiger partial charge on any atom is -0.377 e. The maximum atomic E-state index is 13.0. The van der Waals surface area contributed by atoms with Gasteiger partial charge in [-0.25, -0.2) is 4.39 Å². The van der Waals surface area contributed by atoms with Crippen molar-refractivity contribution in [2.75, 3.05) is 6.61 Å². The van der Waals surface area contributed by atoms with E-state index in [0.717, 1.165) is 18.6 Å². The lowest BCUT2D eigenvalue weighted by molar-refractivity contribution is 0.0881. The summed E-state index contributed by atoms with van der Waals surface area (Å²) in [5, 5.41) is 3.46. The van der Waals surface area contributed by atoms with E-state index in [1.54, 1.807) is 12.1 Å². The van der Waals surface area contributed by atoms with Gasteiger partial charge in [-0.2, -0.15) is 0 Å². The van der Waals surface area contributed by atoms with Crippen molar-refractivity contribution >= 4 is 0 Å². The molecule has 1 saturated heterocycles. The fourth-order valence-corrected chi connectivity index (χ4v) is 2.02. The van der Waals surface area contributed by atoms with Crippen LogP contribution in [0, 0.1) is 5.82 Å².